The maximum atomic E-state index is 13.1. The first-order valence-electron chi connectivity index (χ1n) is 13.4. The van der Waals surface area contributed by atoms with Crippen LogP contribution in [-0.2, 0) is 4.79 Å². The van der Waals surface area contributed by atoms with Crippen molar-refractivity contribution < 1.29 is 9.53 Å². The van der Waals surface area contributed by atoms with Crippen LogP contribution in [0.3, 0.4) is 0 Å². The summed E-state index contributed by atoms with van der Waals surface area (Å²) in [5, 5.41) is 10.2. The van der Waals surface area contributed by atoms with Crippen molar-refractivity contribution in [1.29, 1.82) is 5.26 Å². The highest BCUT2D eigenvalue weighted by molar-refractivity contribution is 5.79. The van der Waals surface area contributed by atoms with Crippen LogP contribution in [0.2, 0.25) is 0 Å². The van der Waals surface area contributed by atoms with Crippen molar-refractivity contribution in [1.82, 2.24) is 0 Å². The van der Waals surface area contributed by atoms with Gasteiger partial charge in [0.25, 0.3) is 0 Å². The number of unbranched alkanes of at least 4 members (excludes halogenated alkanes) is 2. The molecule has 0 radical (unpaired) electrons. The summed E-state index contributed by atoms with van der Waals surface area (Å²) in [7, 11) is 0. The Morgan fingerprint density at radius 3 is 2.29 bits per heavy atom. The van der Waals surface area contributed by atoms with Gasteiger partial charge in [-0.2, -0.15) is 5.26 Å². The van der Waals surface area contributed by atoms with Crippen LogP contribution in [0, 0.1) is 34.5 Å². The number of rotatable bonds is 8. The molecule has 0 atom stereocenters. The molecule has 0 aromatic heterocycles. The average molecular weight is 458 g/mol. The molecule has 2 aliphatic rings. The summed E-state index contributed by atoms with van der Waals surface area (Å²) in [4.78, 5) is 13.1. The second-order valence-corrected chi connectivity index (χ2v) is 10.5. The topological polar surface area (TPSA) is 50.1 Å². The fraction of sp³-hybridized carbons (Fsp3) is 0.548. The van der Waals surface area contributed by atoms with Gasteiger partial charge in [0.15, 0.2) is 0 Å². The van der Waals surface area contributed by atoms with E-state index in [-0.39, 0.29) is 17.3 Å². The molecule has 2 fully saturated rings. The van der Waals surface area contributed by atoms with Gasteiger partial charge in [-0.25, -0.2) is 0 Å². The summed E-state index contributed by atoms with van der Waals surface area (Å²) in [5.41, 5.74) is 1.74. The van der Waals surface area contributed by atoms with Crippen molar-refractivity contribution in [3.05, 3.63) is 54.6 Å². The van der Waals surface area contributed by atoms with Crippen molar-refractivity contribution in [3.63, 3.8) is 0 Å². The molecule has 2 saturated carbocycles. The summed E-state index contributed by atoms with van der Waals surface area (Å²) in [6.07, 6.45) is 13.4. The van der Waals surface area contributed by atoms with Gasteiger partial charge in [-0.15, -0.1) is 0 Å². The van der Waals surface area contributed by atoms with Crippen molar-refractivity contribution >= 4 is 5.97 Å². The Morgan fingerprint density at radius 1 is 0.941 bits per heavy atom. The second-order valence-electron chi connectivity index (χ2n) is 10.5. The molecule has 2 aromatic carbocycles. The van der Waals surface area contributed by atoms with Crippen LogP contribution in [0.15, 0.2) is 54.6 Å². The molecule has 0 heterocycles. The molecule has 34 heavy (non-hydrogen) atoms. The summed E-state index contributed by atoms with van der Waals surface area (Å²) in [5.74, 6) is 1.72. The maximum absolute atomic E-state index is 13.1. The van der Waals surface area contributed by atoms with Gasteiger partial charge in [-0.1, -0.05) is 94.0 Å². The molecule has 0 amide bonds. The average Bonchev–Trinajstić information content (AvgIpc) is 2.90. The number of benzene rings is 2. The summed E-state index contributed by atoms with van der Waals surface area (Å²) in [6, 6.07) is 20.5. The number of hydrogen-bond donors (Lipinski definition) is 0. The smallest absolute Gasteiger partial charge is 0.314 e. The highest BCUT2D eigenvalue weighted by Gasteiger charge is 2.45. The Hall–Kier alpha value is -2.60. The Bertz CT molecular complexity index is 960. The lowest BCUT2D eigenvalue weighted by atomic mass is 9.59. The predicted octanol–water partition coefficient (Wildman–Crippen LogP) is 8.35. The molecular formula is C31H39NO2. The third kappa shape index (κ3) is 5.72. The zero-order valence-electron chi connectivity index (χ0n) is 20.7. The third-order valence-electron chi connectivity index (χ3n) is 8.46. The molecular weight excluding hydrogens is 418 g/mol. The molecule has 4 rings (SSSR count). The quantitative estimate of drug-likeness (QED) is 0.227. The zero-order chi connectivity index (χ0) is 23.8. The van der Waals surface area contributed by atoms with E-state index in [0.29, 0.717) is 11.7 Å². The van der Waals surface area contributed by atoms with Crippen LogP contribution in [0.4, 0.5) is 0 Å². The summed E-state index contributed by atoms with van der Waals surface area (Å²) >= 11 is 0. The summed E-state index contributed by atoms with van der Waals surface area (Å²) < 4.78 is 5.93. The molecule has 3 heteroatoms. The molecule has 0 aliphatic heterocycles. The number of esters is 1. The number of carbonyl (C=O) groups excluding carboxylic acids is 1. The van der Waals surface area contributed by atoms with E-state index in [9.17, 15) is 10.1 Å². The number of nitriles is 1. The van der Waals surface area contributed by atoms with E-state index in [1.807, 2.05) is 54.6 Å². The minimum Gasteiger partial charge on any atom is -0.426 e. The lowest BCUT2D eigenvalue weighted by molar-refractivity contribution is -0.140. The number of hydrogen-bond acceptors (Lipinski definition) is 3. The van der Waals surface area contributed by atoms with E-state index in [1.54, 1.807) is 0 Å². The second kappa shape index (κ2) is 11.7. The number of ether oxygens (including phenoxy) is 1. The van der Waals surface area contributed by atoms with Crippen LogP contribution in [-0.4, -0.2) is 5.97 Å². The Kier molecular flexibility index (Phi) is 8.44. The van der Waals surface area contributed by atoms with Gasteiger partial charge in [0.2, 0.25) is 0 Å². The minimum atomic E-state index is -0.243. The Balaban J connectivity index is 1.33. The van der Waals surface area contributed by atoms with E-state index >= 15 is 0 Å². The zero-order valence-corrected chi connectivity index (χ0v) is 20.7. The molecule has 0 bridgehead atoms. The van der Waals surface area contributed by atoms with Gasteiger partial charge in [0.1, 0.15) is 5.75 Å². The number of para-hydroxylation sites is 1. The first kappa shape index (κ1) is 24.5. The predicted molar refractivity (Wildman–Crippen MR) is 137 cm³/mol. The fourth-order valence-corrected chi connectivity index (χ4v) is 6.27. The van der Waals surface area contributed by atoms with Crippen LogP contribution < -0.4 is 4.74 Å². The van der Waals surface area contributed by atoms with E-state index in [1.165, 1.54) is 51.4 Å². The molecule has 2 aromatic rings. The van der Waals surface area contributed by atoms with E-state index in [4.69, 9.17) is 4.74 Å². The van der Waals surface area contributed by atoms with Crippen molar-refractivity contribution in [2.24, 2.45) is 23.2 Å². The normalized spacial score (nSPS) is 27.0. The lowest BCUT2D eigenvalue weighted by Crippen LogP contribution is -2.38. The monoisotopic (exact) mass is 457 g/mol. The number of carbonyl (C=O) groups is 1. The van der Waals surface area contributed by atoms with Gasteiger partial charge < -0.3 is 4.74 Å². The maximum Gasteiger partial charge on any atom is 0.314 e. The van der Waals surface area contributed by atoms with Gasteiger partial charge >= 0.3 is 5.97 Å². The summed E-state index contributed by atoms with van der Waals surface area (Å²) in [6.45, 7) is 2.27. The first-order chi connectivity index (χ1) is 16.6. The van der Waals surface area contributed by atoms with Gasteiger partial charge in [-0.3, -0.25) is 4.79 Å². The molecule has 0 spiro atoms. The van der Waals surface area contributed by atoms with Crippen LogP contribution >= 0.6 is 0 Å². The molecule has 0 N–H and O–H groups in total. The molecule has 0 saturated heterocycles. The van der Waals surface area contributed by atoms with E-state index in [2.05, 4.69) is 13.0 Å². The largest absolute Gasteiger partial charge is 0.426 e. The molecule has 3 nitrogen and oxygen atoms in total. The van der Waals surface area contributed by atoms with Crippen LogP contribution in [0.1, 0.15) is 84.0 Å². The Labute approximate surface area is 205 Å². The molecule has 180 valence electrons. The first-order valence-corrected chi connectivity index (χ1v) is 13.4. The van der Waals surface area contributed by atoms with Crippen molar-refractivity contribution in [2.45, 2.75) is 84.0 Å². The minimum absolute atomic E-state index is 0.115. The fourth-order valence-electron chi connectivity index (χ4n) is 6.27. The van der Waals surface area contributed by atoms with Crippen LogP contribution in [0.5, 0.6) is 5.75 Å². The highest BCUT2D eigenvalue weighted by atomic mass is 16.5. The third-order valence-corrected chi connectivity index (χ3v) is 8.46. The Morgan fingerprint density at radius 2 is 1.62 bits per heavy atom. The van der Waals surface area contributed by atoms with Gasteiger partial charge in [-0.05, 0) is 62.0 Å². The molecule has 0 unspecified atom stereocenters. The standard InChI is InChI=1S/C31H39NO2/c1-2-3-5-10-24-15-17-27(18-16-24)31(23-32)21-19-26(20-22-31)30(33)34-29-14-9-8-13-28(29)25-11-6-4-7-12-25/h4,6-9,11-14,24,26-27H,2-3,5,10,15-22H2,1H3. The van der Waals surface area contributed by atoms with Crippen LogP contribution in [0.25, 0.3) is 11.1 Å². The van der Waals surface area contributed by atoms with E-state index < -0.39 is 0 Å². The molecule has 2 aliphatic carbocycles. The van der Waals surface area contributed by atoms with Crippen molar-refractivity contribution in [3.8, 4) is 22.9 Å². The highest BCUT2D eigenvalue weighted by Crippen LogP contribution is 2.50. The van der Waals surface area contributed by atoms with Gasteiger partial charge in [0, 0.05) is 5.56 Å². The lowest BCUT2D eigenvalue weighted by Gasteiger charge is -2.43. The van der Waals surface area contributed by atoms with E-state index in [0.717, 1.165) is 42.7 Å². The number of nitrogens with zero attached hydrogens (tertiary/aromatic N) is 1. The van der Waals surface area contributed by atoms with Crippen molar-refractivity contribution in [2.75, 3.05) is 0 Å². The van der Waals surface area contributed by atoms with Gasteiger partial charge in [0.05, 0.1) is 17.4 Å². The SMILES string of the molecule is CCCCCC1CCC(C2(C#N)CCC(C(=O)Oc3ccccc3-c3ccccc3)CC2)CC1.